The second-order valence-corrected chi connectivity index (χ2v) is 3.88. The van der Waals surface area contributed by atoms with E-state index in [0.717, 1.165) is 25.1 Å². The van der Waals surface area contributed by atoms with Crippen LogP contribution in [0.25, 0.3) is 0 Å². The van der Waals surface area contributed by atoms with Crippen LogP contribution in [0.1, 0.15) is 29.3 Å². The van der Waals surface area contributed by atoms with Crippen molar-refractivity contribution in [3.63, 3.8) is 0 Å². The minimum absolute atomic E-state index is 0.144. The van der Waals surface area contributed by atoms with Gasteiger partial charge in [0.05, 0.1) is 11.1 Å². The van der Waals surface area contributed by atoms with Crippen LogP contribution in [0.5, 0.6) is 0 Å². The molecular weight excluding hydrogens is 271 g/mol. The van der Waals surface area contributed by atoms with Gasteiger partial charge in [0.1, 0.15) is 0 Å². The van der Waals surface area contributed by atoms with Gasteiger partial charge in [0.25, 0.3) is 5.91 Å². The summed E-state index contributed by atoms with van der Waals surface area (Å²) in [6.07, 6.45) is -3.43. The summed E-state index contributed by atoms with van der Waals surface area (Å²) in [7, 11) is 0. The van der Waals surface area contributed by atoms with Gasteiger partial charge in [0.15, 0.2) is 0 Å². The minimum atomic E-state index is -4.53. The van der Waals surface area contributed by atoms with E-state index in [1.165, 1.54) is 12.1 Å². The van der Waals surface area contributed by atoms with Gasteiger partial charge in [-0.25, -0.2) is 0 Å². The van der Waals surface area contributed by atoms with Crippen molar-refractivity contribution in [2.24, 2.45) is 11.5 Å². The molecule has 0 bridgehead atoms. The first-order valence-corrected chi connectivity index (χ1v) is 6.23. The molecule has 0 saturated carbocycles. The first-order chi connectivity index (χ1) is 9.38. The van der Waals surface area contributed by atoms with Crippen molar-refractivity contribution in [1.29, 1.82) is 0 Å². The third-order valence-corrected chi connectivity index (χ3v) is 2.20. The van der Waals surface area contributed by atoms with Crippen LogP contribution < -0.4 is 16.8 Å². The SMILES string of the molecule is CCCN.NCCNC(=O)c1ccccc1C(F)(F)F. The Kier molecular flexibility index (Phi) is 8.58. The molecule has 0 heterocycles. The van der Waals surface area contributed by atoms with Crippen LogP contribution in [0.15, 0.2) is 24.3 Å². The van der Waals surface area contributed by atoms with E-state index in [1.54, 1.807) is 0 Å². The number of benzene rings is 1. The van der Waals surface area contributed by atoms with E-state index in [1.807, 2.05) is 0 Å². The van der Waals surface area contributed by atoms with Crippen LogP contribution in [0, 0.1) is 0 Å². The Morgan fingerprint density at radius 1 is 1.20 bits per heavy atom. The predicted octanol–water partition coefficient (Wildman–Crippen LogP) is 1.75. The normalized spacial score (nSPS) is 10.5. The van der Waals surface area contributed by atoms with Crippen molar-refractivity contribution in [2.45, 2.75) is 19.5 Å². The molecule has 0 saturated heterocycles. The number of hydrogen-bond acceptors (Lipinski definition) is 3. The number of halogens is 3. The van der Waals surface area contributed by atoms with Crippen molar-refractivity contribution in [3.8, 4) is 0 Å². The lowest BCUT2D eigenvalue weighted by molar-refractivity contribution is -0.137. The highest BCUT2D eigenvalue weighted by atomic mass is 19.4. The monoisotopic (exact) mass is 291 g/mol. The van der Waals surface area contributed by atoms with Crippen LogP contribution in [-0.2, 0) is 6.18 Å². The highest BCUT2D eigenvalue weighted by Crippen LogP contribution is 2.31. The Balaban J connectivity index is 0.000000796. The summed E-state index contributed by atoms with van der Waals surface area (Å²) < 4.78 is 37.6. The summed E-state index contributed by atoms with van der Waals surface area (Å²) >= 11 is 0. The van der Waals surface area contributed by atoms with Gasteiger partial charge in [-0.1, -0.05) is 19.1 Å². The Morgan fingerprint density at radius 2 is 1.75 bits per heavy atom. The zero-order chi connectivity index (χ0) is 15.6. The summed E-state index contributed by atoms with van der Waals surface area (Å²) in [5.74, 6) is -0.765. The summed E-state index contributed by atoms with van der Waals surface area (Å²) in [6.45, 7) is 3.20. The molecule has 0 radical (unpaired) electrons. The molecule has 1 rings (SSSR count). The molecule has 1 aromatic carbocycles. The molecule has 4 nitrogen and oxygen atoms in total. The highest BCUT2D eigenvalue weighted by Gasteiger charge is 2.34. The Bertz CT molecular complexity index is 406. The maximum absolute atomic E-state index is 12.5. The summed E-state index contributed by atoms with van der Waals surface area (Å²) in [6, 6.07) is 4.63. The van der Waals surface area contributed by atoms with Crippen molar-refractivity contribution >= 4 is 5.91 Å². The molecule has 114 valence electrons. The van der Waals surface area contributed by atoms with Crippen LogP contribution in [-0.4, -0.2) is 25.5 Å². The summed E-state index contributed by atoms with van der Waals surface area (Å²) in [5.41, 5.74) is 8.84. The lowest BCUT2D eigenvalue weighted by atomic mass is 10.1. The zero-order valence-electron chi connectivity index (χ0n) is 11.3. The maximum atomic E-state index is 12.5. The molecule has 0 aliphatic rings. The fourth-order valence-electron chi connectivity index (χ4n) is 1.21. The van der Waals surface area contributed by atoms with Crippen LogP contribution >= 0.6 is 0 Å². The molecule has 5 N–H and O–H groups in total. The molecule has 0 unspecified atom stereocenters. The fourth-order valence-corrected chi connectivity index (χ4v) is 1.21. The number of rotatable bonds is 4. The van der Waals surface area contributed by atoms with Gasteiger partial charge < -0.3 is 16.8 Å². The topological polar surface area (TPSA) is 81.1 Å². The predicted molar refractivity (Wildman–Crippen MR) is 72.2 cm³/mol. The number of nitrogens with one attached hydrogen (secondary N) is 1. The molecule has 7 heteroatoms. The highest BCUT2D eigenvalue weighted by molar-refractivity contribution is 5.95. The van der Waals surface area contributed by atoms with E-state index in [9.17, 15) is 18.0 Å². The van der Waals surface area contributed by atoms with Gasteiger partial charge in [-0.2, -0.15) is 13.2 Å². The number of amides is 1. The van der Waals surface area contributed by atoms with Crippen LogP contribution in [0.4, 0.5) is 13.2 Å². The molecule has 0 atom stereocenters. The smallest absolute Gasteiger partial charge is 0.351 e. The molecule has 0 fully saturated rings. The third-order valence-electron chi connectivity index (χ3n) is 2.20. The van der Waals surface area contributed by atoms with Gasteiger partial charge in [-0.3, -0.25) is 4.79 Å². The average Bonchev–Trinajstić information content (AvgIpc) is 2.44. The van der Waals surface area contributed by atoms with Crippen molar-refractivity contribution in [1.82, 2.24) is 5.32 Å². The fraction of sp³-hybridized carbons (Fsp3) is 0.462. The van der Waals surface area contributed by atoms with E-state index in [-0.39, 0.29) is 18.7 Å². The lowest BCUT2D eigenvalue weighted by Gasteiger charge is -2.12. The molecule has 1 amide bonds. The second kappa shape index (κ2) is 9.33. The van der Waals surface area contributed by atoms with Crippen molar-refractivity contribution in [3.05, 3.63) is 35.4 Å². The third kappa shape index (κ3) is 6.53. The van der Waals surface area contributed by atoms with E-state index in [0.29, 0.717) is 0 Å². The summed E-state index contributed by atoms with van der Waals surface area (Å²) in [5, 5.41) is 2.30. The van der Waals surface area contributed by atoms with E-state index in [2.05, 4.69) is 12.2 Å². The summed E-state index contributed by atoms with van der Waals surface area (Å²) in [4.78, 5) is 11.4. The largest absolute Gasteiger partial charge is 0.417 e. The number of hydrogen-bond donors (Lipinski definition) is 3. The molecular formula is C13H20F3N3O. The van der Waals surface area contributed by atoms with Crippen molar-refractivity contribution < 1.29 is 18.0 Å². The Labute approximate surface area is 116 Å². The van der Waals surface area contributed by atoms with Crippen molar-refractivity contribution in [2.75, 3.05) is 19.6 Å². The van der Waals surface area contributed by atoms with Gasteiger partial charge >= 0.3 is 6.18 Å². The Morgan fingerprint density at radius 3 is 2.20 bits per heavy atom. The number of carbonyl (C=O) groups is 1. The van der Waals surface area contributed by atoms with E-state index in [4.69, 9.17) is 11.5 Å². The van der Waals surface area contributed by atoms with Gasteiger partial charge in [0, 0.05) is 13.1 Å². The molecule has 1 aromatic rings. The lowest BCUT2D eigenvalue weighted by Crippen LogP contribution is -2.30. The van der Waals surface area contributed by atoms with Gasteiger partial charge in [0.2, 0.25) is 0 Å². The van der Waals surface area contributed by atoms with Gasteiger partial charge in [-0.15, -0.1) is 0 Å². The molecule has 0 aromatic heterocycles. The molecule has 20 heavy (non-hydrogen) atoms. The zero-order valence-corrected chi connectivity index (χ0v) is 11.3. The number of nitrogens with two attached hydrogens (primary N) is 2. The van der Waals surface area contributed by atoms with E-state index < -0.39 is 17.6 Å². The molecule has 0 aliphatic carbocycles. The first kappa shape index (κ1) is 18.4. The molecule has 0 aliphatic heterocycles. The quantitative estimate of drug-likeness (QED) is 0.790. The maximum Gasteiger partial charge on any atom is 0.417 e. The average molecular weight is 291 g/mol. The number of alkyl halides is 3. The van der Waals surface area contributed by atoms with Crippen LogP contribution in [0.3, 0.4) is 0 Å². The minimum Gasteiger partial charge on any atom is -0.351 e. The second-order valence-electron chi connectivity index (χ2n) is 3.88. The van der Waals surface area contributed by atoms with Gasteiger partial charge in [-0.05, 0) is 25.1 Å². The Hall–Kier alpha value is -1.60. The van der Waals surface area contributed by atoms with E-state index >= 15 is 0 Å². The standard InChI is InChI=1S/C10H11F3N2O.C3H9N/c11-10(12,13)8-4-2-1-3-7(8)9(16)15-6-5-14;1-2-3-4/h1-4H,5-6,14H2,(H,15,16);2-4H2,1H3. The first-order valence-electron chi connectivity index (χ1n) is 6.23. The number of carbonyl (C=O) groups excluding carboxylic acids is 1. The molecule has 0 spiro atoms. The van der Waals surface area contributed by atoms with Crippen LogP contribution in [0.2, 0.25) is 0 Å².